The highest BCUT2D eigenvalue weighted by molar-refractivity contribution is 6.00. The van der Waals surface area contributed by atoms with Crippen molar-refractivity contribution in [2.45, 2.75) is 27.1 Å². The zero-order valence-electron chi connectivity index (χ0n) is 32.9. The van der Waals surface area contributed by atoms with E-state index < -0.39 is 41.5 Å². The summed E-state index contributed by atoms with van der Waals surface area (Å²) >= 11 is 0. The van der Waals surface area contributed by atoms with E-state index in [2.05, 4.69) is 67.6 Å². The molecule has 0 saturated carbocycles. The predicted molar refractivity (Wildman–Crippen MR) is 227 cm³/mol. The van der Waals surface area contributed by atoms with Crippen molar-refractivity contribution in [3.05, 3.63) is 168 Å². The minimum atomic E-state index is -0.822. The van der Waals surface area contributed by atoms with Crippen molar-refractivity contribution in [1.29, 1.82) is 0 Å². The van der Waals surface area contributed by atoms with Crippen molar-refractivity contribution in [2.75, 3.05) is 39.6 Å². The number of carbonyl (C=O) groups is 4. The summed E-state index contributed by atoms with van der Waals surface area (Å²) in [6.45, 7) is 28.2. The topological polar surface area (TPSA) is 228 Å². The fourth-order valence-corrected chi connectivity index (χ4v) is 4.03. The Morgan fingerprint density at radius 1 is 0.459 bits per heavy atom. The lowest BCUT2D eigenvalue weighted by molar-refractivity contribution is -0.108. The van der Waals surface area contributed by atoms with E-state index >= 15 is 0 Å². The molecule has 0 fully saturated rings. The van der Waals surface area contributed by atoms with E-state index in [1.807, 2.05) is 0 Å². The second-order valence-electron chi connectivity index (χ2n) is 10.9. The first-order valence-corrected chi connectivity index (χ1v) is 17.5. The van der Waals surface area contributed by atoms with E-state index in [-0.39, 0.29) is 94.9 Å². The van der Waals surface area contributed by atoms with Gasteiger partial charge >= 0.3 is 53.0 Å². The predicted octanol–water partition coefficient (Wildman–Crippen LogP) is 3.66. The van der Waals surface area contributed by atoms with Crippen molar-refractivity contribution < 1.29 is 47.6 Å². The Balaban J connectivity index is 0.000000892. The second kappa shape index (κ2) is 30.2. The van der Waals surface area contributed by atoms with Gasteiger partial charge in [0, 0.05) is 0 Å². The van der Waals surface area contributed by atoms with E-state index in [4.69, 9.17) is 28.4 Å². The Morgan fingerprint density at radius 2 is 0.721 bits per heavy atom. The number of aromatic nitrogens is 6. The van der Waals surface area contributed by atoms with Gasteiger partial charge in [-0.25, -0.2) is 42.5 Å². The maximum atomic E-state index is 12.0. The number of esters is 3. The Morgan fingerprint density at radius 3 is 0.951 bits per heavy atom. The zero-order chi connectivity index (χ0) is 44.9. The summed E-state index contributed by atoms with van der Waals surface area (Å²) in [7, 11) is 0. The van der Waals surface area contributed by atoms with Crippen LogP contribution in [0.5, 0.6) is 18.0 Å². The molecule has 0 atom stereocenters. The van der Waals surface area contributed by atoms with Gasteiger partial charge in [-0.15, -0.1) is 28.1 Å². The molecule has 0 bridgehead atoms. The molecular weight excluding hydrogens is 796 g/mol. The van der Waals surface area contributed by atoms with Gasteiger partial charge in [0.25, 0.3) is 0 Å². The summed E-state index contributed by atoms with van der Waals surface area (Å²) < 4.78 is 32.7. The van der Waals surface area contributed by atoms with Gasteiger partial charge in [0.05, 0.1) is 36.3 Å². The number of carbonyl (C=O) groups excluding carboxylic acids is 4. The van der Waals surface area contributed by atoms with Crippen LogP contribution in [0.25, 0.3) is 0 Å². The van der Waals surface area contributed by atoms with Gasteiger partial charge in [-0.3, -0.25) is 0 Å². The van der Waals surface area contributed by atoms with Gasteiger partial charge in [-0.2, -0.15) is 0 Å². The molecule has 0 radical (unpaired) electrons. The Hall–Kier alpha value is -7.96. The number of hydrogen-bond donors (Lipinski definition) is 0. The van der Waals surface area contributed by atoms with E-state index in [0.717, 1.165) is 9.13 Å². The van der Waals surface area contributed by atoms with Crippen LogP contribution in [-0.4, -0.2) is 92.5 Å². The van der Waals surface area contributed by atoms with Crippen LogP contribution in [0, 0.1) is 0 Å². The largest absolute Gasteiger partial charge is 0.459 e. The van der Waals surface area contributed by atoms with Gasteiger partial charge in [-0.1, -0.05) is 95.5 Å². The summed E-state index contributed by atoms with van der Waals surface area (Å²) in [6.07, 6.45) is 12.1. The molecule has 2 aromatic heterocycles. The number of hydrogen-bond acceptors (Lipinski definition) is 16. The van der Waals surface area contributed by atoms with E-state index in [9.17, 15) is 33.6 Å². The average Bonchev–Trinajstić information content (AvgIpc) is 3.26. The first-order valence-electron chi connectivity index (χ1n) is 17.5. The standard InChI is InChI=1S/C18H18O6.C12H15N3O3.C11H13N3O4.CH4/c1-4-7-22-16(19)13-10-14(17(20)23-8-5-2)12-15(11-13)18(21)24-9-6-3;1-4-7-16-10-13-11(17-8-5-2)15-12(14-10)18-9-6-3;1-3-5-12-9(16)13(6-4-2)11(18)14(7-8-15)10(12)17;/h4-6,10-12H,1-3,7-9H2;4-6H,1-3,7-9H2;3-4,8H,1-2,5-7H2;1H4. The molecule has 19 heteroatoms. The fraction of sp³-hybridized carbons (Fsp3) is 0.238. The zero-order valence-corrected chi connectivity index (χ0v) is 32.9. The second-order valence-corrected chi connectivity index (χ2v) is 10.9. The van der Waals surface area contributed by atoms with Gasteiger partial charge in [0.1, 0.15) is 45.9 Å². The number of allylic oxidation sites excluding steroid dienone is 2. The highest BCUT2D eigenvalue weighted by Crippen LogP contribution is 2.16. The first kappa shape index (κ1) is 53.0. The smallest absolute Gasteiger partial charge is 0.338 e. The van der Waals surface area contributed by atoms with E-state index in [0.29, 0.717) is 10.9 Å². The summed E-state index contributed by atoms with van der Waals surface area (Å²) in [5.41, 5.74) is -2.32. The molecule has 3 rings (SSSR count). The van der Waals surface area contributed by atoms with Crippen LogP contribution in [0.2, 0.25) is 0 Å². The van der Waals surface area contributed by atoms with E-state index in [1.165, 1.54) is 48.6 Å². The molecular formula is C42H50N6O13. The third-order valence-electron chi connectivity index (χ3n) is 6.47. The molecule has 0 N–H and O–H groups in total. The molecule has 61 heavy (non-hydrogen) atoms. The number of benzene rings is 1. The van der Waals surface area contributed by atoms with Crippen molar-refractivity contribution in [3.63, 3.8) is 0 Å². The highest BCUT2D eigenvalue weighted by Gasteiger charge is 2.19. The molecule has 0 amide bonds. The van der Waals surface area contributed by atoms with Crippen molar-refractivity contribution in [2.24, 2.45) is 0 Å². The van der Waals surface area contributed by atoms with Crippen molar-refractivity contribution in [3.8, 4) is 18.0 Å². The normalized spacial score (nSPS) is 9.44. The molecule has 3 aromatic rings. The lowest BCUT2D eigenvalue weighted by Crippen LogP contribution is -2.54. The number of rotatable bonds is 24. The maximum absolute atomic E-state index is 12.0. The summed E-state index contributed by atoms with van der Waals surface area (Å²) in [5.74, 6) is -2.11. The van der Waals surface area contributed by atoms with Gasteiger partial charge in [0.15, 0.2) is 0 Å². The molecule has 0 unspecified atom stereocenters. The Bertz CT molecular complexity index is 1920. The maximum Gasteiger partial charge on any atom is 0.338 e. The number of ether oxygens (including phenoxy) is 6. The van der Waals surface area contributed by atoms with Crippen LogP contribution in [-0.2, 0) is 38.6 Å². The molecule has 19 nitrogen and oxygen atoms in total. The van der Waals surface area contributed by atoms with Crippen molar-refractivity contribution >= 4 is 24.2 Å². The molecule has 2 heterocycles. The molecule has 0 aliphatic heterocycles. The Kier molecular flexibility index (Phi) is 26.2. The molecule has 1 aromatic carbocycles. The third kappa shape index (κ3) is 18.0. The van der Waals surface area contributed by atoms with Gasteiger partial charge in [-0.05, 0) is 18.2 Å². The van der Waals surface area contributed by atoms with Crippen LogP contribution in [0.15, 0.2) is 134 Å². The minimum absolute atomic E-state index is 0. The lowest BCUT2D eigenvalue weighted by atomic mass is 10.1. The lowest BCUT2D eigenvalue weighted by Gasteiger charge is -2.09. The van der Waals surface area contributed by atoms with Gasteiger partial charge < -0.3 is 33.2 Å². The summed E-state index contributed by atoms with van der Waals surface area (Å²) in [5, 5.41) is 0. The Labute approximate surface area is 352 Å². The summed E-state index contributed by atoms with van der Waals surface area (Å²) in [4.78, 5) is 93.8. The molecule has 0 spiro atoms. The number of aldehydes is 1. The number of nitrogens with zero attached hydrogens (tertiary/aromatic N) is 6. The van der Waals surface area contributed by atoms with Gasteiger partial charge in [0.2, 0.25) is 0 Å². The molecule has 0 aliphatic carbocycles. The van der Waals surface area contributed by atoms with Crippen LogP contribution < -0.4 is 31.3 Å². The first-order chi connectivity index (χ1) is 28.9. The van der Waals surface area contributed by atoms with Crippen LogP contribution in [0.1, 0.15) is 38.5 Å². The molecule has 0 aliphatic rings. The monoisotopic (exact) mass is 846 g/mol. The third-order valence-corrected chi connectivity index (χ3v) is 6.47. The van der Waals surface area contributed by atoms with Crippen LogP contribution in [0.3, 0.4) is 0 Å². The molecule has 0 saturated heterocycles. The molecule has 326 valence electrons. The SMILES string of the molecule is C.C=CCOC(=O)c1cc(C(=O)OCC=C)cc(C(=O)OCC=C)c1.C=CCOc1nc(OCC=C)nc(OCC=C)n1.C=CCn1c(=O)n(CC=C)c(=O)n(CC=O)c1=O. The average molecular weight is 847 g/mol. The minimum Gasteiger partial charge on any atom is -0.459 e. The van der Waals surface area contributed by atoms with Crippen LogP contribution in [0.4, 0.5) is 0 Å². The highest BCUT2D eigenvalue weighted by atomic mass is 16.5. The quantitative estimate of drug-likeness (QED) is 0.0542. The summed E-state index contributed by atoms with van der Waals surface area (Å²) in [6, 6.07) is 4.18. The van der Waals surface area contributed by atoms with E-state index in [1.54, 1.807) is 18.2 Å². The van der Waals surface area contributed by atoms with Crippen LogP contribution >= 0.6 is 0 Å². The van der Waals surface area contributed by atoms with Crippen molar-refractivity contribution in [1.82, 2.24) is 28.7 Å². The fourth-order valence-electron chi connectivity index (χ4n) is 4.03.